The molecule has 0 saturated carbocycles. The van der Waals surface area contributed by atoms with Gasteiger partial charge in [0.25, 0.3) is 0 Å². The summed E-state index contributed by atoms with van der Waals surface area (Å²) in [7, 11) is 0. The molecule has 8 heteroatoms. The Kier molecular flexibility index (Phi) is 12.5. The van der Waals surface area contributed by atoms with Crippen LogP contribution in [0.25, 0.3) is 0 Å². The molecule has 0 aromatic heterocycles. The number of benzene rings is 1. The predicted octanol–water partition coefficient (Wildman–Crippen LogP) is 6.45. The highest BCUT2D eigenvalue weighted by Gasteiger charge is 2.25. The minimum atomic E-state index is 0.767. The number of thiol groups is 2. The van der Waals surface area contributed by atoms with Crippen LogP contribution in [0.5, 0.6) is 0 Å². The van der Waals surface area contributed by atoms with E-state index in [0.717, 1.165) is 31.2 Å². The van der Waals surface area contributed by atoms with Crippen molar-refractivity contribution >= 4 is 95.8 Å². The van der Waals surface area contributed by atoms with E-state index in [1.54, 1.807) is 0 Å². The molecule has 1 aromatic rings. The maximum atomic E-state index is 4.44. The molecule has 0 amide bonds. The zero-order valence-electron chi connectivity index (χ0n) is 16.0. The lowest BCUT2D eigenvalue weighted by atomic mass is 10.1. The van der Waals surface area contributed by atoms with Gasteiger partial charge in [-0.15, -0.1) is 47.0 Å². The van der Waals surface area contributed by atoms with E-state index in [1.165, 1.54) is 58.5 Å². The van der Waals surface area contributed by atoms with Gasteiger partial charge in [-0.3, -0.25) is 0 Å². The third-order valence-corrected chi connectivity index (χ3v) is 15.5. The van der Waals surface area contributed by atoms with E-state index >= 15 is 0 Å². The average Bonchev–Trinajstić information content (AvgIpc) is 3.38. The van der Waals surface area contributed by atoms with Crippen molar-refractivity contribution in [1.82, 2.24) is 0 Å². The molecule has 158 valence electrons. The lowest BCUT2D eigenvalue weighted by molar-refractivity contribution is 1.10. The summed E-state index contributed by atoms with van der Waals surface area (Å²) in [4.78, 5) is 0. The second-order valence-electron chi connectivity index (χ2n) is 6.88. The van der Waals surface area contributed by atoms with E-state index in [1.807, 2.05) is 0 Å². The maximum absolute atomic E-state index is 4.44. The Hall–Kier alpha value is 2.02. The molecule has 2 aliphatic rings. The third kappa shape index (κ3) is 8.87. The summed E-state index contributed by atoms with van der Waals surface area (Å²) in [5, 5.41) is 1.53. The molecule has 0 radical (unpaired) electrons. The lowest BCUT2D eigenvalue weighted by Gasteiger charge is -2.10. The van der Waals surface area contributed by atoms with E-state index in [4.69, 9.17) is 0 Å². The fourth-order valence-electron chi connectivity index (χ4n) is 3.06. The molecule has 3 rings (SSSR count). The molecule has 0 nitrogen and oxygen atoms in total. The van der Waals surface area contributed by atoms with Crippen LogP contribution < -0.4 is 0 Å². The fraction of sp³-hybridized carbons (Fsp3) is 0.700. The Bertz CT molecular complexity index is 524. The number of rotatable bonds is 12. The first kappa shape index (κ1) is 24.7. The SMILES string of the molecule is SCC1CSC(CSCCc2cccc(CCSCC3SCC(CS)S3)c2)S1. The van der Waals surface area contributed by atoms with Crippen molar-refractivity contribution in [3.8, 4) is 0 Å². The van der Waals surface area contributed by atoms with Gasteiger partial charge in [0.2, 0.25) is 0 Å². The van der Waals surface area contributed by atoms with Gasteiger partial charge in [-0.05, 0) is 35.5 Å². The first-order valence-corrected chi connectivity index (χ1v) is 17.3. The van der Waals surface area contributed by atoms with Crippen molar-refractivity contribution in [3.63, 3.8) is 0 Å². The minimum Gasteiger partial charge on any atom is -0.178 e. The van der Waals surface area contributed by atoms with Gasteiger partial charge < -0.3 is 0 Å². The highest BCUT2D eigenvalue weighted by molar-refractivity contribution is 8.22. The molecule has 28 heavy (non-hydrogen) atoms. The molecule has 0 N–H and O–H groups in total. The molecule has 2 heterocycles. The van der Waals surface area contributed by atoms with Gasteiger partial charge in [0, 0.05) is 45.0 Å². The normalized spacial score (nSPS) is 27.5. The van der Waals surface area contributed by atoms with Gasteiger partial charge in [0.05, 0.1) is 9.16 Å². The Morgan fingerprint density at radius 3 is 1.75 bits per heavy atom. The van der Waals surface area contributed by atoms with Crippen LogP contribution in [0.4, 0.5) is 0 Å². The average molecular weight is 527 g/mol. The largest absolute Gasteiger partial charge is 0.178 e. The van der Waals surface area contributed by atoms with Gasteiger partial charge in [-0.2, -0.15) is 48.8 Å². The molecule has 2 aliphatic heterocycles. The first-order valence-electron chi connectivity index (χ1n) is 9.76. The second-order valence-corrected chi connectivity index (χ2v) is 16.0. The Balaban J connectivity index is 1.27. The highest BCUT2D eigenvalue weighted by Crippen LogP contribution is 2.40. The van der Waals surface area contributed by atoms with Crippen LogP contribution in [-0.2, 0) is 12.8 Å². The van der Waals surface area contributed by atoms with E-state index in [0.29, 0.717) is 0 Å². The highest BCUT2D eigenvalue weighted by atomic mass is 32.2. The van der Waals surface area contributed by atoms with Crippen molar-refractivity contribution in [1.29, 1.82) is 0 Å². The molecule has 1 aromatic carbocycles. The molecule has 2 saturated heterocycles. The number of hydrogen-bond donors (Lipinski definition) is 2. The van der Waals surface area contributed by atoms with Gasteiger partial charge in [0.1, 0.15) is 0 Å². The molecule has 0 bridgehead atoms. The van der Waals surface area contributed by atoms with Crippen LogP contribution >= 0.6 is 95.8 Å². The van der Waals surface area contributed by atoms with Crippen molar-refractivity contribution in [2.45, 2.75) is 32.5 Å². The van der Waals surface area contributed by atoms with Crippen molar-refractivity contribution in [3.05, 3.63) is 35.4 Å². The van der Waals surface area contributed by atoms with Gasteiger partial charge in [0.15, 0.2) is 0 Å². The van der Waals surface area contributed by atoms with Crippen LogP contribution in [-0.4, -0.2) is 65.7 Å². The summed E-state index contributed by atoms with van der Waals surface area (Å²) >= 11 is 21.6. The van der Waals surface area contributed by atoms with Crippen molar-refractivity contribution in [2.24, 2.45) is 0 Å². The number of aryl methyl sites for hydroxylation is 2. The minimum absolute atomic E-state index is 0.767. The summed E-state index contributed by atoms with van der Waals surface area (Å²) in [6.07, 6.45) is 2.40. The maximum Gasteiger partial charge on any atom is 0.0596 e. The third-order valence-electron chi connectivity index (χ3n) is 4.60. The lowest BCUT2D eigenvalue weighted by Crippen LogP contribution is -2.03. The summed E-state index contributed by atoms with van der Waals surface area (Å²) in [5.74, 6) is 9.66. The van der Waals surface area contributed by atoms with Crippen LogP contribution in [0.15, 0.2) is 24.3 Å². The summed E-state index contributed by atoms with van der Waals surface area (Å²) in [6.45, 7) is 0. The molecule has 4 atom stereocenters. The monoisotopic (exact) mass is 526 g/mol. The van der Waals surface area contributed by atoms with Crippen molar-refractivity contribution < 1.29 is 0 Å². The fourth-order valence-corrected chi connectivity index (χ4v) is 13.5. The summed E-state index contributed by atoms with van der Waals surface area (Å²) in [5.41, 5.74) is 3.02. The number of thioether (sulfide) groups is 6. The zero-order chi connectivity index (χ0) is 19.6. The Morgan fingerprint density at radius 1 is 0.821 bits per heavy atom. The topological polar surface area (TPSA) is 0 Å². The van der Waals surface area contributed by atoms with E-state index in [2.05, 4.69) is 120 Å². The van der Waals surface area contributed by atoms with Crippen LogP contribution in [0.1, 0.15) is 11.1 Å². The van der Waals surface area contributed by atoms with Gasteiger partial charge >= 0.3 is 0 Å². The molecular formula is C20H30S8. The van der Waals surface area contributed by atoms with E-state index < -0.39 is 0 Å². The molecule has 0 aliphatic carbocycles. The zero-order valence-corrected chi connectivity index (χ0v) is 22.7. The standard InChI is InChI=1S/C20H30S8/c21-9-17-11-25-19(27-17)13-23-6-4-15-2-1-3-16(8-15)5-7-24-14-20-26-12-18(10-22)28-20/h1-3,8,17-22H,4-7,9-14H2. The van der Waals surface area contributed by atoms with Gasteiger partial charge in [-0.1, -0.05) is 24.3 Å². The van der Waals surface area contributed by atoms with Crippen molar-refractivity contribution in [2.75, 3.05) is 46.0 Å². The molecule has 2 fully saturated rings. The van der Waals surface area contributed by atoms with Crippen LogP contribution in [0, 0.1) is 0 Å². The quantitative estimate of drug-likeness (QED) is 0.236. The molecular weight excluding hydrogens is 497 g/mol. The van der Waals surface area contributed by atoms with E-state index in [-0.39, 0.29) is 0 Å². The summed E-state index contributed by atoms with van der Waals surface area (Å²) < 4.78 is 1.56. The van der Waals surface area contributed by atoms with Crippen LogP contribution in [0.3, 0.4) is 0 Å². The van der Waals surface area contributed by atoms with Gasteiger partial charge in [-0.25, -0.2) is 0 Å². The van der Waals surface area contributed by atoms with E-state index in [9.17, 15) is 0 Å². The number of hydrogen-bond acceptors (Lipinski definition) is 8. The Morgan fingerprint density at radius 2 is 1.32 bits per heavy atom. The van der Waals surface area contributed by atoms with Crippen LogP contribution in [0.2, 0.25) is 0 Å². The Labute approximate surface area is 208 Å². The smallest absolute Gasteiger partial charge is 0.0596 e. The second kappa shape index (κ2) is 14.2. The molecule has 4 unspecified atom stereocenters. The predicted molar refractivity (Wildman–Crippen MR) is 151 cm³/mol. The molecule has 0 spiro atoms. The first-order chi connectivity index (χ1) is 13.8. The summed E-state index contributed by atoms with van der Waals surface area (Å²) in [6, 6.07) is 9.29.